The number of pyridine rings is 1. The fourth-order valence-electron chi connectivity index (χ4n) is 2.10. The molecule has 130 valence electrons. The lowest BCUT2D eigenvalue weighted by molar-refractivity contribution is -0.384. The average Bonchev–Trinajstić information content (AvgIpc) is 3.11. The predicted molar refractivity (Wildman–Crippen MR) is 95.1 cm³/mol. The Hall–Kier alpha value is -3.52. The number of amides is 1. The predicted octanol–water partition coefficient (Wildman–Crippen LogP) is 3.67. The maximum atomic E-state index is 11.8. The number of nitro groups is 1. The molecule has 2 aromatic heterocycles. The summed E-state index contributed by atoms with van der Waals surface area (Å²) in [7, 11) is 0. The van der Waals surface area contributed by atoms with Crippen molar-refractivity contribution in [1.82, 2.24) is 10.4 Å². The molecule has 0 saturated heterocycles. The minimum atomic E-state index is -0.564. The zero-order valence-electron chi connectivity index (χ0n) is 13.1. The second-order valence-corrected chi connectivity index (χ2v) is 5.47. The van der Waals surface area contributed by atoms with Gasteiger partial charge in [-0.05, 0) is 36.4 Å². The van der Waals surface area contributed by atoms with Crippen LogP contribution in [0.1, 0.15) is 16.1 Å². The van der Waals surface area contributed by atoms with Crippen molar-refractivity contribution in [3.05, 3.63) is 81.3 Å². The van der Waals surface area contributed by atoms with E-state index in [4.69, 9.17) is 16.0 Å². The third-order valence-electron chi connectivity index (χ3n) is 3.34. The van der Waals surface area contributed by atoms with Crippen LogP contribution in [0.2, 0.25) is 5.02 Å². The van der Waals surface area contributed by atoms with E-state index >= 15 is 0 Å². The largest absolute Gasteiger partial charge is 0.455 e. The van der Waals surface area contributed by atoms with E-state index in [0.29, 0.717) is 22.6 Å². The summed E-state index contributed by atoms with van der Waals surface area (Å²) in [5, 5.41) is 14.8. The summed E-state index contributed by atoms with van der Waals surface area (Å²) in [5.74, 6) is 0.364. The zero-order valence-corrected chi connectivity index (χ0v) is 13.9. The highest BCUT2D eigenvalue weighted by molar-refractivity contribution is 6.32. The number of nitro benzene ring substituents is 1. The van der Waals surface area contributed by atoms with Gasteiger partial charge in [0.1, 0.15) is 16.5 Å². The number of rotatable bonds is 5. The molecule has 0 bridgehead atoms. The topological polar surface area (TPSA) is 111 Å². The standard InChI is InChI=1S/C17H11ClN4O4/c18-14-5-3-11(8-15(14)22(24)25)16-6-4-13(26-16)10-20-21-17(23)12-2-1-7-19-9-12/h1-10H,(H,21,23). The summed E-state index contributed by atoms with van der Waals surface area (Å²) in [4.78, 5) is 26.1. The summed E-state index contributed by atoms with van der Waals surface area (Å²) < 4.78 is 5.55. The van der Waals surface area contributed by atoms with Crippen molar-refractivity contribution < 1.29 is 14.1 Å². The Labute approximate surface area is 152 Å². The van der Waals surface area contributed by atoms with Crippen molar-refractivity contribution >= 4 is 29.4 Å². The minimum Gasteiger partial charge on any atom is -0.455 e. The average molecular weight is 371 g/mol. The van der Waals surface area contributed by atoms with Gasteiger partial charge in [-0.1, -0.05) is 11.6 Å². The van der Waals surface area contributed by atoms with Gasteiger partial charge >= 0.3 is 0 Å². The van der Waals surface area contributed by atoms with Crippen LogP contribution in [0.25, 0.3) is 11.3 Å². The Balaban J connectivity index is 1.71. The molecule has 3 aromatic rings. The second kappa shape index (κ2) is 7.58. The van der Waals surface area contributed by atoms with Crippen molar-refractivity contribution in [1.29, 1.82) is 0 Å². The molecule has 1 amide bonds. The number of carbonyl (C=O) groups excluding carboxylic acids is 1. The summed E-state index contributed by atoms with van der Waals surface area (Å²) in [5.41, 5.74) is 3.02. The van der Waals surface area contributed by atoms with Gasteiger partial charge in [-0.15, -0.1) is 0 Å². The molecule has 0 spiro atoms. The minimum absolute atomic E-state index is 0.0465. The Morgan fingerprint density at radius 2 is 2.15 bits per heavy atom. The second-order valence-electron chi connectivity index (χ2n) is 5.07. The van der Waals surface area contributed by atoms with E-state index in [1.807, 2.05) is 0 Å². The molecule has 0 aliphatic rings. The Kier molecular flexibility index (Phi) is 5.04. The number of benzene rings is 1. The lowest BCUT2D eigenvalue weighted by Gasteiger charge is -1.99. The maximum absolute atomic E-state index is 11.8. The number of nitrogens with zero attached hydrogens (tertiary/aromatic N) is 3. The van der Waals surface area contributed by atoms with Crippen LogP contribution in [0, 0.1) is 10.1 Å². The van der Waals surface area contributed by atoms with Crippen LogP contribution in [0.4, 0.5) is 5.69 Å². The number of nitrogens with one attached hydrogen (secondary N) is 1. The SMILES string of the molecule is O=C(NN=Cc1ccc(-c2ccc(Cl)c([N+](=O)[O-])c2)o1)c1cccnc1. The van der Waals surface area contributed by atoms with E-state index in [-0.39, 0.29) is 10.7 Å². The van der Waals surface area contributed by atoms with Gasteiger partial charge in [0.15, 0.2) is 0 Å². The van der Waals surface area contributed by atoms with Gasteiger partial charge in [-0.25, -0.2) is 5.43 Å². The number of hydrogen-bond acceptors (Lipinski definition) is 6. The highest BCUT2D eigenvalue weighted by atomic mass is 35.5. The number of furan rings is 1. The molecule has 0 aliphatic carbocycles. The molecule has 1 N–H and O–H groups in total. The molecule has 0 radical (unpaired) electrons. The number of hydrogen-bond donors (Lipinski definition) is 1. The van der Waals surface area contributed by atoms with E-state index in [1.54, 1.807) is 36.5 Å². The number of hydrazone groups is 1. The van der Waals surface area contributed by atoms with E-state index < -0.39 is 10.8 Å². The molecule has 26 heavy (non-hydrogen) atoms. The van der Waals surface area contributed by atoms with E-state index in [9.17, 15) is 14.9 Å². The number of carbonyl (C=O) groups is 1. The molecule has 1 aromatic carbocycles. The first-order valence-corrected chi connectivity index (χ1v) is 7.70. The molecule has 8 nitrogen and oxygen atoms in total. The molecule has 9 heteroatoms. The van der Waals surface area contributed by atoms with Crippen molar-refractivity contribution in [3.63, 3.8) is 0 Å². The normalized spacial score (nSPS) is 10.8. The van der Waals surface area contributed by atoms with Crippen LogP contribution in [0.5, 0.6) is 0 Å². The molecule has 0 unspecified atom stereocenters. The van der Waals surface area contributed by atoms with Crippen LogP contribution >= 0.6 is 11.6 Å². The molecular formula is C17H11ClN4O4. The molecule has 3 rings (SSSR count). The number of aromatic nitrogens is 1. The summed E-state index contributed by atoms with van der Waals surface area (Å²) >= 11 is 5.79. The molecular weight excluding hydrogens is 360 g/mol. The fraction of sp³-hybridized carbons (Fsp3) is 0. The zero-order chi connectivity index (χ0) is 18.5. The van der Waals surface area contributed by atoms with Crippen molar-refractivity contribution in [2.75, 3.05) is 0 Å². The summed E-state index contributed by atoms with van der Waals surface area (Å²) in [6, 6.07) is 10.9. The third-order valence-corrected chi connectivity index (χ3v) is 3.66. The van der Waals surface area contributed by atoms with Gasteiger partial charge in [-0.3, -0.25) is 19.9 Å². The van der Waals surface area contributed by atoms with E-state index in [0.717, 1.165) is 0 Å². The first kappa shape index (κ1) is 17.3. The van der Waals surface area contributed by atoms with Crippen LogP contribution in [0.15, 0.2) is 64.4 Å². The first-order valence-electron chi connectivity index (χ1n) is 7.32. The third kappa shape index (κ3) is 3.93. The lowest BCUT2D eigenvalue weighted by atomic mass is 10.1. The van der Waals surface area contributed by atoms with Gasteiger partial charge < -0.3 is 4.42 Å². The van der Waals surface area contributed by atoms with Crippen molar-refractivity contribution in [3.8, 4) is 11.3 Å². The van der Waals surface area contributed by atoms with Crippen LogP contribution in [-0.4, -0.2) is 22.0 Å². The summed E-state index contributed by atoms with van der Waals surface area (Å²) in [6.07, 6.45) is 4.30. The van der Waals surface area contributed by atoms with Gasteiger partial charge in [0.25, 0.3) is 11.6 Å². The van der Waals surface area contributed by atoms with Gasteiger partial charge in [0.05, 0.1) is 16.7 Å². The quantitative estimate of drug-likeness (QED) is 0.418. The van der Waals surface area contributed by atoms with Crippen LogP contribution in [-0.2, 0) is 0 Å². The Morgan fingerprint density at radius 1 is 1.31 bits per heavy atom. The van der Waals surface area contributed by atoms with Crippen molar-refractivity contribution in [2.24, 2.45) is 5.10 Å². The number of halogens is 1. The van der Waals surface area contributed by atoms with E-state index in [1.165, 1.54) is 24.5 Å². The Bertz CT molecular complexity index is 985. The van der Waals surface area contributed by atoms with E-state index in [2.05, 4.69) is 15.5 Å². The van der Waals surface area contributed by atoms with Crippen LogP contribution < -0.4 is 5.43 Å². The highest BCUT2D eigenvalue weighted by Crippen LogP contribution is 2.30. The molecule has 0 fully saturated rings. The Morgan fingerprint density at radius 3 is 2.88 bits per heavy atom. The van der Waals surface area contributed by atoms with Gasteiger partial charge in [-0.2, -0.15) is 5.10 Å². The van der Waals surface area contributed by atoms with Crippen LogP contribution in [0.3, 0.4) is 0 Å². The van der Waals surface area contributed by atoms with Gasteiger partial charge in [0, 0.05) is 24.0 Å². The highest BCUT2D eigenvalue weighted by Gasteiger charge is 2.15. The monoisotopic (exact) mass is 370 g/mol. The molecule has 0 aliphatic heterocycles. The molecule has 0 saturated carbocycles. The maximum Gasteiger partial charge on any atom is 0.288 e. The molecule has 0 atom stereocenters. The van der Waals surface area contributed by atoms with Gasteiger partial charge in [0.2, 0.25) is 0 Å². The molecule has 2 heterocycles. The first-order chi connectivity index (χ1) is 12.5. The lowest BCUT2D eigenvalue weighted by Crippen LogP contribution is -2.17. The summed E-state index contributed by atoms with van der Waals surface area (Å²) in [6.45, 7) is 0. The fourth-order valence-corrected chi connectivity index (χ4v) is 2.29. The smallest absolute Gasteiger partial charge is 0.288 e. The van der Waals surface area contributed by atoms with Crippen molar-refractivity contribution in [2.45, 2.75) is 0 Å².